The number of aromatic nitrogens is 2. The van der Waals surface area contributed by atoms with Crippen LogP contribution in [0.25, 0.3) is 11.4 Å². The van der Waals surface area contributed by atoms with E-state index in [1.54, 1.807) is 18.2 Å². The van der Waals surface area contributed by atoms with Crippen molar-refractivity contribution in [2.75, 3.05) is 11.5 Å². The van der Waals surface area contributed by atoms with Crippen molar-refractivity contribution < 1.29 is 3.35 Å². The van der Waals surface area contributed by atoms with Gasteiger partial charge in [0.05, 0.1) is 0 Å². The number of anilines is 2. The molecule has 0 saturated heterocycles. The molecule has 2 rings (SSSR count). The van der Waals surface area contributed by atoms with Crippen LogP contribution in [0, 0.1) is 0 Å². The van der Waals surface area contributed by atoms with Gasteiger partial charge in [-0.25, -0.2) is 13.3 Å². The highest BCUT2D eigenvalue weighted by Gasteiger charge is 2.29. The number of rotatable bonds is 2. The first kappa shape index (κ1) is 19.3. The van der Waals surface area contributed by atoms with E-state index in [1.165, 1.54) is 6.07 Å². The number of nitrogen functional groups attached to an aromatic ring is 2. The molecule has 0 atom stereocenters. The van der Waals surface area contributed by atoms with Crippen LogP contribution in [0.3, 0.4) is 0 Å². The zero-order valence-electron chi connectivity index (χ0n) is 10.7. The third-order valence-electron chi connectivity index (χ3n) is 2.53. The second kappa shape index (κ2) is 7.25. The van der Waals surface area contributed by atoms with Crippen LogP contribution >= 0.6 is 47.2 Å². The van der Waals surface area contributed by atoms with Gasteiger partial charge >= 0.3 is 0 Å². The quantitative estimate of drug-likeness (QED) is 0.443. The molecule has 1 aromatic heterocycles. The monoisotopic (exact) mass is 415 g/mol. The van der Waals surface area contributed by atoms with Gasteiger partial charge in [0.2, 0.25) is 9.48 Å². The minimum absolute atomic E-state index is 0. The van der Waals surface area contributed by atoms with Gasteiger partial charge in [-0.2, -0.15) is 0 Å². The predicted octanol–water partition coefficient (Wildman–Crippen LogP) is 3.39. The Bertz CT molecular complexity index is 700. The van der Waals surface area contributed by atoms with E-state index in [1.807, 2.05) is 0 Å². The number of hydrogen-bond donors (Lipinski definition) is 2. The minimum Gasteiger partial charge on any atom is -0.384 e. The highest BCUT2D eigenvalue weighted by Crippen LogP contribution is 2.44. The summed E-state index contributed by atoms with van der Waals surface area (Å²) in [6, 6.07) is 6.30. The smallest absolute Gasteiger partial charge is 0.216 e. The van der Waals surface area contributed by atoms with Crippen LogP contribution in [-0.2, 0) is 29.0 Å². The summed E-state index contributed by atoms with van der Waals surface area (Å²) >= 11 is 27.7. The molecular weight excluding hydrogens is 408 g/mol. The Morgan fingerprint density at radius 2 is 1.64 bits per heavy atom. The molecule has 0 amide bonds. The Morgan fingerprint density at radius 1 is 1.09 bits per heavy atom. The molecule has 0 unspecified atom stereocenters. The first-order valence-electron chi connectivity index (χ1n) is 5.44. The van der Waals surface area contributed by atoms with Crippen LogP contribution in [0.15, 0.2) is 24.3 Å². The molecule has 1 aromatic carbocycles. The lowest BCUT2D eigenvalue weighted by atomic mass is 10.1. The van der Waals surface area contributed by atoms with Crippen LogP contribution in [-0.4, -0.2) is 13.3 Å². The molecule has 0 fully saturated rings. The van der Waals surface area contributed by atoms with Gasteiger partial charge in [0, 0.05) is 29.3 Å². The van der Waals surface area contributed by atoms with Gasteiger partial charge in [-0.15, -0.1) is 12.4 Å². The molecule has 2 aromatic rings. The average Bonchev–Trinajstić information content (AvgIpc) is 2.35. The number of alkyl halides is 3. The van der Waals surface area contributed by atoms with E-state index in [-0.39, 0.29) is 29.9 Å². The van der Waals surface area contributed by atoms with Crippen molar-refractivity contribution in [3.63, 3.8) is 0 Å². The maximum Gasteiger partial charge on any atom is 0.216 e. The standard InChI is InChI=1S/C11H8Cl3N5S2.ClH/c12-11(13,14)7-3-5(19(20)21)1-2-6(7)10-17-8(15)4-9(16)18-10;/h1-4H,(H4,15,16,17,18);1H. The molecule has 0 spiro atoms. The summed E-state index contributed by atoms with van der Waals surface area (Å²) < 4.78 is -0.646. The van der Waals surface area contributed by atoms with E-state index in [4.69, 9.17) is 71.5 Å². The van der Waals surface area contributed by atoms with Crippen molar-refractivity contribution in [2.24, 2.45) is 0 Å². The molecule has 5 nitrogen and oxygen atoms in total. The molecule has 0 bridgehead atoms. The summed E-state index contributed by atoms with van der Waals surface area (Å²) in [5.41, 5.74) is 12.6. The molecule has 1 heterocycles. The summed E-state index contributed by atoms with van der Waals surface area (Å²) in [7, 11) is 0. The van der Waals surface area contributed by atoms with E-state index >= 15 is 0 Å². The minimum atomic E-state index is -1.71. The Kier molecular flexibility index (Phi) is 6.37. The van der Waals surface area contributed by atoms with Gasteiger partial charge in [0.25, 0.3) is 0 Å². The Morgan fingerprint density at radius 3 is 2.09 bits per heavy atom. The van der Waals surface area contributed by atoms with Gasteiger partial charge in [-0.3, -0.25) is 0 Å². The lowest BCUT2D eigenvalue weighted by molar-refractivity contribution is -0.197. The number of benzene rings is 1. The molecule has 22 heavy (non-hydrogen) atoms. The van der Waals surface area contributed by atoms with Crippen LogP contribution in [0.4, 0.5) is 17.3 Å². The van der Waals surface area contributed by atoms with Crippen molar-refractivity contribution in [1.82, 2.24) is 9.97 Å². The third kappa shape index (κ3) is 4.41. The zero-order valence-corrected chi connectivity index (χ0v) is 15.4. The lowest BCUT2D eigenvalue weighted by Crippen LogP contribution is -2.07. The summed E-state index contributed by atoms with van der Waals surface area (Å²) in [6.45, 7) is 0. The number of nitrogens with zero attached hydrogens (tertiary/aromatic N) is 3. The van der Waals surface area contributed by atoms with Gasteiger partial charge in [-0.1, -0.05) is 60.0 Å². The van der Waals surface area contributed by atoms with E-state index in [9.17, 15) is 0 Å². The van der Waals surface area contributed by atoms with Crippen LogP contribution in [0.2, 0.25) is 0 Å². The normalized spacial score (nSPS) is 10.9. The van der Waals surface area contributed by atoms with Gasteiger partial charge in [0.15, 0.2) is 5.82 Å². The highest BCUT2D eigenvalue weighted by atomic mass is 35.6. The lowest BCUT2D eigenvalue weighted by Gasteiger charge is -2.16. The fourth-order valence-corrected chi connectivity index (χ4v) is 2.38. The largest absolute Gasteiger partial charge is 0.384 e. The Labute approximate surface area is 159 Å². The molecule has 118 valence electrons. The first-order chi connectivity index (χ1) is 9.68. The SMILES string of the molecule is Cl.Nc1cc(N)nc(-c2ccc([N+](=S)[S-])cc2C(Cl)(Cl)Cl)n1. The predicted molar refractivity (Wildman–Crippen MR) is 97.4 cm³/mol. The molecule has 0 aliphatic carbocycles. The molecule has 0 saturated carbocycles. The Balaban J connectivity index is 0.00000242. The molecule has 0 aliphatic rings. The molecule has 11 heteroatoms. The fraction of sp³-hybridized carbons (Fsp3) is 0.0909. The van der Waals surface area contributed by atoms with Crippen molar-refractivity contribution >= 4 is 89.8 Å². The summed E-state index contributed by atoms with van der Waals surface area (Å²) in [5, 5.41) is 0. The van der Waals surface area contributed by atoms with Gasteiger partial charge in [0.1, 0.15) is 11.6 Å². The third-order valence-corrected chi connectivity index (χ3v) is 3.56. The molecular formula is C11H9Cl4N5S2. The van der Waals surface area contributed by atoms with Crippen molar-refractivity contribution in [3.8, 4) is 11.4 Å². The van der Waals surface area contributed by atoms with Gasteiger partial charge < -0.3 is 11.5 Å². The second-order valence-electron chi connectivity index (χ2n) is 4.03. The zero-order chi connectivity index (χ0) is 15.8. The second-order valence-corrected chi connectivity index (χ2v) is 7.27. The number of nitrogens with two attached hydrogens (primary N) is 2. The number of hydrogen-bond acceptors (Lipinski definition) is 6. The maximum atomic E-state index is 6.00. The number of halogens is 4. The van der Waals surface area contributed by atoms with Crippen molar-refractivity contribution in [2.45, 2.75) is 3.79 Å². The molecule has 4 N–H and O–H groups in total. The first-order valence-corrected chi connectivity index (χ1v) is 7.31. The van der Waals surface area contributed by atoms with Crippen LogP contribution < -0.4 is 11.5 Å². The Hall–Kier alpha value is -0.700. The average molecular weight is 417 g/mol. The van der Waals surface area contributed by atoms with Crippen LogP contribution in [0.1, 0.15) is 5.56 Å². The molecule has 0 radical (unpaired) electrons. The van der Waals surface area contributed by atoms with Crippen LogP contribution in [0.5, 0.6) is 0 Å². The fourth-order valence-electron chi connectivity index (χ4n) is 1.68. The van der Waals surface area contributed by atoms with Crippen molar-refractivity contribution in [1.29, 1.82) is 0 Å². The van der Waals surface area contributed by atoms with E-state index < -0.39 is 3.79 Å². The van der Waals surface area contributed by atoms with E-state index in [2.05, 4.69) is 9.97 Å². The van der Waals surface area contributed by atoms with Crippen molar-refractivity contribution in [3.05, 3.63) is 29.8 Å². The van der Waals surface area contributed by atoms with E-state index in [0.717, 1.165) is 3.35 Å². The van der Waals surface area contributed by atoms with Gasteiger partial charge in [-0.05, 0) is 6.07 Å². The summed E-state index contributed by atoms with van der Waals surface area (Å²) in [4.78, 5) is 8.20. The highest BCUT2D eigenvalue weighted by molar-refractivity contribution is 7.58. The molecule has 0 aliphatic heterocycles. The maximum absolute atomic E-state index is 6.00. The van der Waals surface area contributed by atoms with E-state index in [0.29, 0.717) is 16.8 Å². The summed E-state index contributed by atoms with van der Waals surface area (Å²) in [6.07, 6.45) is 0. The topological polar surface area (TPSA) is 80.8 Å². The summed E-state index contributed by atoms with van der Waals surface area (Å²) in [5.74, 6) is 0.677.